The molecule has 1 fully saturated rings. The monoisotopic (exact) mass is 545 g/mol. The first kappa shape index (κ1) is 27.7. The van der Waals surface area contributed by atoms with Gasteiger partial charge >= 0.3 is 6.18 Å². The van der Waals surface area contributed by atoms with E-state index in [1.54, 1.807) is 19.1 Å². The maximum Gasteiger partial charge on any atom is 0.416 e. The van der Waals surface area contributed by atoms with Crippen LogP contribution in [0.2, 0.25) is 0 Å². The second-order valence-corrected chi connectivity index (χ2v) is 11.3. The maximum absolute atomic E-state index is 13.5. The van der Waals surface area contributed by atoms with Crippen LogP contribution in [0.25, 0.3) is 0 Å². The summed E-state index contributed by atoms with van der Waals surface area (Å²) in [7, 11) is -4.33. The van der Waals surface area contributed by atoms with E-state index in [0.29, 0.717) is 4.31 Å². The van der Waals surface area contributed by atoms with Crippen LogP contribution in [0.1, 0.15) is 35.1 Å². The van der Waals surface area contributed by atoms with Gasteiger partial charge < -0.3 is 5.32 Å². The normalized spacial score (nSPS) is 14.4. The number of carbonyl (C=O) groups is 1. The second-order valence-electron chi connectivity index (χ2n) is 9.45. The number of nitrogens with one attached hydrogen (secondary N) is 1. The zero-order valence-electron chi connectivity index (χ0n) is 21.0. The van der Waals surface area contributed by atoms with Crippen LogP contribution in [-0.4, -0.2) is 38.9 Å². The van der Waals surface area contributed by atoms with E-state index in [0.717, 1.165) is 49.0 Å². The Hall–Kier alpha value is -3.37. The number of hydrogen-bond donors (Lipinski definition) is 1. The molecular weight excluding hydrogens is 515 g/mol. The van der Waals surface area contributed by atoms with Crippen LogP contribution >= 0.6 is 0 Å². The lowest BCUT2D eigenvalue weighted by Gasteiger charge is -2.25. The fourth-order valence-electron chi connectivity index (χ4n) is 4.34. The molecule has 202 valence electrons. The first-order valence-corrected chi connectivity index (χ1v) is 13.8. The van der Waals surface area contributed by atoms with Gasteiger partial charge in [0.15, 0.2) is 0 Å². The van der Waals surface area contributed by atoms with Crippen LogP contribution in [0, 0.1) is 6.92 Å². The van der Waals surface area contributed by atoms with Crippen molar-refractivity contribution in [1.29, 1.82) is 0 Å². The first-order valence-electron chi connectivity index (χ1n) is 12.4. The van der Waals surface area contributed by atoms with Gasteiger partial charge in [0, 0.05) is 13.1 Å². The Morgan fingerprint density at radius 2 is 1.58 bits per heavy atom. The summed E-state index contributed by atoms with van der Waals surface area (Å²) >= 11 is 0. The van der Waals surface area contributed by atoms with Gasteiger partial charge in [0.25, 0.3) is 10.0 Å². The molecule has 0 radical (unpaired) electrons. The molecule has 0 unspecified atom stereocenters. The van der Waals surface area contributed by atoms with Crippen molar-refractivity contribution in [1.82, 2.24) is 10.2 Å². The Morgan fingerprint density at radius 1 is 0.947 bits per heavy atom. The number of nitrogens with zero attached hydrogens (tertiary/aromatic N) is 2. The van der Waals surface area contributed by atoms with E-state index in [1.807, 2.05) is 24.3 Å². The fourth-order valence-corrected chi connectivity index (χ4v) is 5.75. The van der Waals surface area contributed by atoms with Gasteiger partial charge in [0.05, 0.1) is 16.1 Å². The van der Waals surface area contributed by atoms with Crippen LogP contribution < -0.4 is 9.62 Å². The average Bonchev–Trinajstić information content (AvgIpc) is 3.40. The van der Waals surface area contributed by atoms with E-state index in [4.69, 9.17) is 0 Å². The molecule has 1 N–H and O–H groups in total. The van der Waals surface area contributed by atoms with Gasteiger partial charge in [-0.1, -0.05) is 48.0 Å². The minimum atomic E-state index is -4.67. The van der Waals surface area contributed by atoms with Gasteiger partial charge in [-0.15, -0.1) is 0 Å². The van der Waals surface area contributed by atoms with E-state index in [1.165, 1.54) is 36.6 Å². The van der Waals surface area contributed by atoms with Gasteiger partial charge in [-0.25, -0.2) is 8.42 Å². The summed E-state index contributed by atoms with van der Waals surface area (Å²) in [6.07, 6.45) is -2.25. The van der Waals surface area contributed by atoms with Crippen molar-refractivity contribution in [2.45, 2.75) is 43.9 Å². The first-order chi connectivity index (χ1) is 18.0. The predicted molar refractivity (Wildman–Crippen MR) is 140 cm³/mol. The number of likely N-dealkylation sites (tertiary alicyclic amines) is 1. The van der Waals surface area contributed by atoms with E-state index in [-0.39, 0.29) is 17.1 Å². The molecule has 3 aromatic carbocycles. The molecule has 10 heteroatoms. The number of anilines is 1. The van der Waals surface area contributed by atoms with Crippen molar-refractivity contribution in [2.75, 3.05) is 23.9 Å². The molecule has 0 aliphatic carbocycles. The lowest BCUT2D eigenvalue weighted by atomic mass is 10.1. The number of carbonyl (C=O) groups excluding carboxylic acids is 1. The molecule has 38 heavy (non-hydrogen) atoms. The van der Waals surface area contributed by atoms with E-state index in [2.05, 4.69) is 10.2 Å². The summed E-state index contributed by atoms with van der Waals surface area (Å²) in [4.78, 5) is 15.1. The molecule has 1 amide bonds. The summed E-state index contributed by atoms with van der Waals surface area (Å²) in [5.41, 5.74) is 1.56. The summed E-state index contributed by atoms with van der Waals surface area (Å²) < 4.78 is 67.7. The largest absolute Gasteiger partial charge is 0.416 e. The Morgan fingerprint density at radius 3 is 2.21 bits per heavy atom. The molecule has 0 atom stereocenters. The quantitative estimate of drug-likeness (QED) is 0.405. The SMILES string of the molecule is Cc1ccc(S(=O)(=O)N(CC(=O)NCc2ccc(CN3CCCC3)cc2)c2cccc(C(F)(F)F)c2)cc1. The smallest absolute Gasteiger partial charge is 0.350 e. The highest BCUT2D eigenvalue weighted by Crippen LogP contribution is 2.33. The highest BCUT2D eigenvalue weighted by atomic mass is 32.2. The number of aryl methyl sites for hydroxylation is 1. The third kappa shape index (κ3) is 6.93. The molecule has 0 bridgehead atoms. The molecule has 1 aliphatic heterocycles. The van der Waals surface area contributed by atoms with Gasteiger partial charge in [-0.2, -0.15) is 13.2 Å². The predicted octanol–water partition coefficient (Wildman–Crippen LogP) is 5.12. The molecule has 3 aromatic rings. The summed E-state index contributed by atoms with van der Waals surface area (Å²) in [6.45, 7) is 4.31. The number of sulfonamides is 1. The van der Waals surface area contributed by atoms with Crippen molar-refractivity contribution in [3.63, 3.8) is 0 Å². The minimum absolute atomic E-state index is 0.123. The van der Waals surface area contributed by atoms with Gasteiger partial charge in [-0.05, 0) is 74.3 Å². The Bertz CT molecular complexity index is 1350. The van der Waals surface area contributed by atoms with Crippen molar-refractivity contribution in [3.05, 3.63) is 95.1 Å². The number of benzene rings is 3. The van der Waals surface area contributed by atoms with E-state index in [9.17, 15) is 26.4 Å². The number of alkyl halides is 3. The Kier molecular flexibility index (Phi) is 8.42. The number of amides is 1. The van der Waals surface area contributed by atoms with Crippen LogP contribution in [0.5, 0.6) is 0 Å². The van der Waals surface area contributed by atoms with Crippen LogP contribution in [0.3, 0.4) is 0 Å². The molecule has 0 spiro atoms. The molecular formula is C28H30F3N3O3S. The van der Waals surface area contributed by atoms with E-state index >= 15 is 0 Å². The Labute approximate surface area is 221 Å². The van der Waals surface area contributed by atoms with Crippen molar-refractivity contribution < 1.29 is 26.4 Å². The number of hydrogen-bond acceptors (Lipinski definition) is 4. The lowest BCUT2D eigenvalue weighted by Crippen LogP contribution is -2.40. The molecule has 0 aromatic heterocycles. The zero-order valence-corrected chi connectivity index (χ0v) is 21.9. The second kappa shape index (κ2) is 11.6. The fraction of sp³-hybridized carbons (Fsp3) is 0.321. The van der Waals surface area contributed by atoms with Gasteiger partial charge in [0.1, 0.15) is 6.54 Å². The lowest BCUT2D eigenvalue weighted by molar-refractivity contribution is -0.137. The summed E-state index contributed by atoms with van der Waals surface area (Å²) in [5, 5.41) is 2.69. The van der Waals surface area contributed by atoms with Crippen LogP contribution in [-0.2, 0) is 34.1 Å². The highest BCUT2D eigenvalue weighted by molar-refractivity contribution is 7.92. The maximum atomic E-state index is 13.5. The Balaban J connectivity index is 1.50. The van der Waals surface area contributed by atoms with Crippen LogP contribution in [0.15, 0.2) is 77.7 Å². The molecule has 4 rings (SSSR count). The summed E-state index contributed by atoms with van der Waals surface area (Å²) in [6, 6.07) is 17.7. The summed E-state index contributed by atoms with van der Waals surface area (Å²) in [5.74, 6) is -0.640. The van der Waals surface area contributed by atoms with E-state index < -0.39 is 34.2 Å². The number of halogens is 3. The minimum Gasteiger partial charge on any atom is -0.350 e. The zero-order chi connectivity index (χ0) is 27.3. The molecule has 1 heterocycles. The average molecular weight is 546 g/mol. The standard InChI is InChI=1S/C28H30F3N3O3S/c1-21-7-13-26(14-8-21)38(36,37)34(25-6-4-5-24(17-25)28(29,30)31)20-27(35)32-18-22-9-11-23(12-10-22)19-33-15-2-3-16-33/h4-14,17H,2-3,15-16,18-20H2,1H3,(H,32,35). The topological polar surface area (TPSA) is 69.7 Å². The van der Waals surface area contributed by atoms with Crippen molar-refractivity contribution in [3.8, 4) is 0 Å². The molecule has 0 saturated carbocycles. The molecule has 1 aliphatic rings. The van der Waals surface area contributed by atoms with Gasteiger partial charge in [-0.3, -0.25) is 14.0 Å². The third-order valence-electron chi connectivity index (χ3n) is 6.48. The van der Waals surface area contributed by atoms with Crippen molar-refractivity contribution in [2.24, 2.45) is 0 Å². The van der Waals surface area contributed by atoms with Crippen molar-refractivity contribution >= 4 is 21.6 Å². The molecule has 6 nitrogen and oxygen atoms in total. The van der Waals surface area contributed by atoms with Gasteiger partial charge in [0.2, 0.25) is 5.91 Å². The number of rotatable bonds is 9. The highest BCUT2D eigenvalue weighted by Gasteiger charge is 2.33. The van der Waals surface area contributed by atoms with Crippen LogP contribution in [0.4, 0.5) is 18.9 Å². The third-order valence-corrected chi connectivity index (χ3v) is 8.26. The molecule has 1 saturated heterocycles.